The van der Waals surface area contributed by atoms with Crippen LogP contribution < -0.4 is 4.31 Å². The van der Waals surface area contributed by atoms with Crippen molar-refractivity contribution in [1.29, 1.82) is 0 Å². The van der Waals surface area contributed by atoms with Gasteiger partial charge in [-0.25, -0.2) is 8.42 Å². The molecule has 0 atom stereocenters. The first-order chi connectivity index (χ1) is 8.93. The molecule has 0 fully saturated rings. The van der Waals surface area contributed by atoms with Gasteiger partial charge in [0.2, 0.25) is 0 Å². The normalized spacial score (nSPS) is 11.3. The Labute approximate surface area is 114 Å². The first kappa shape index (κ1) is 13.6. The maximum atomic E-state index is 12.5. The highest BCUT2D eigenvalue weighted by Gasteiger charge is 2.21. The van der Waals surface area contributed by atoms with Crippen LogP contribution in [0.1, 0.15) is 11.1 Å². The SMILES string of the molecule is Cc1ccc(N(C)S(=O)(=O)c2ccccc2)c(C)c1. The molecule has 0 N–H and O–H groups in total. The second-order valence-corrected chi connectivity index (χ2v) is 6.54. The molecule has 100 valence electrons. The Morgan fingerprint density at radius 2 is 1.58 bits per heavy atom. The maximum absolute atomic E-state index is 12.5. The van der Waals surface area contributed by atoms with E-state index in [1.54, 1.807) is 37.4 Å². The number of rotatable bonds is 3. The van der Waals surface area contributed by atoms with E-state index in [2.05, 4.69) is 0 Å². The zero-order chi connectivity index (χ0) is 14.0. The van der Waals surface area contributed by atoms with Crippen molar-refractivity contribution in [3.63, 3.8) is 0 Å². The van der Waals surface area contributed by atoms with Gasteiger partial charge in [0.1, 0.15) is 0 Å². The van der Waals surface area contributed by atoms with Gasteiger partial charge in [-0.1, -0.05) is 35.9 Å². The van der Waals surface area contributed by atoms with Crippen LogP contribution in [-0.4, -0.2) is 15.5 Å². The lowest BCUT2D eigenvalue weighted by Crippen LogP contribution is -2.27. The van der Waals surface area contributed by atoms with Crippen LogP contribution in [-0.2, 0) is 10.0 Å². The Kier molecular flexibility index (Phi) is 3.62. The lowest BCUT2D eigenvalue weighted by atomic mass is 10.1. The van der Waals surface area contributed by atoms with Gasteiger partial charge in [0.05, 0.1) is 10.6 Å². The van der Waals surface area contributed by atoms with Crippen molar-refractivity contribution in [1.82, 2.24) is 0 Å². The highest BCUT2D eigenvalue weighted by Crippen LogP contribution is 2.25. The quantitative estimate of drug-likeness (QED) is 0.863. The fraction of sp³-hybridized carbons (Fsp3) is 0.200. The molecule has 4 heteroatoms. The summed E-state index contributed by atoms with van der Waals surface area (Å²) in [5, 5.41) is 0. The molecule has 0 spiro atoms. The summed E-state index contributed by atoms with van der Waals surface area (Å²) in [5.74, 6) is 0. The Hall–Kier alpha value is -1.81. The molecular formula is C15H17NO2S. The third kappa shape index (κ3) is 2.63. The van der Waals surface area contributed by atoms with Crippen LogP contribution in [0.25, 0.3) is 0 Å². The van der Waals surface area contributed by atoms with Crippen molar-refractivity contribution in [2.24, 2.45) is 0 Å². The van der Waals surface area contributed by atoms with E-state index in [1.165, 1.54) is 4.31 Å². The van der Waals surface area contributed by atoms with E-state index in [0.29, 0.717) is 10.6 Å². The molecule has 19 heavy (non-hydrogen) atoms. The summed E-state index contributed by atoms with van der Waals surface area (Å²) in [6.45, 7) is 3.90. The average Bonchev–Trinajstić information content (AvgIpc) is 2.39. The summed E-state index contributed by atoms with van der Waals surface area (Å²) >= 11 is 0. The molecule has 2 rings (SSSR count). The van der Waals surface area contributed by atoms with Gasteiger partial charge < -0.3 is 0 Å². The third-order valence-electron chi connectivity index (χ3n) is 3.09. The smallest absolute Gasteiger partial charge is 0.264 e. The van der Waals surface area contributed by atoms with Gasteiger partial charge >= 0.3 is 0 Å². The Morgan fingerprint density at radius 1 is 0.947 bits per heavy atom. The Morgan fingerprint density at radius 3 is 2.16 bits per heavy atom. The lowest BCUT2D eigenvalue weighted by Gasteiger charge is -2.21. The van der Waals surface area contributed by atoms with Gasteiger partial charge in [0.25, 0.3) is 10.0 Å². The molecule has 0 aliphatic carbocycles. The van der Waals surface area contributed by atoms with E-state index in [0.717, 1.165) is 11.1 Å². The standard InChI is InChI=1S/C15H17NO2S/c1-12-9-10-15(13(2)11-12)16(3)19(17,18)14-7-5-4-6-8-14/h4-11H,1-3H3. The molecule has 2 aromatic rings. The molecule has 2 aromatic carbocycles. The van der Waals surface area contributed by atoms with E-state index < -0.39 is 10.0 Å². The summed E-state index contributed by atoms with van der Waals surface area (Å²) in [6, 6.07) is 14.2. The Bertz CT molecular complexity index is 679. The zero-order valence-corrected chi connectivity index (χ0v) is 12.1. The van der Waals surface area contributed by atoms with Gasteiger partial charge in [-0.2, -0.15) is 0 Å². The summed E-state index contributed by atoms with van der Waals surface area (Å²) in [4.78, 5) is 0.303. The number of benzene rings is 2. The molecule has 0 amide bonds. The van der Waals surface area contributed by atoms with E-state index in [4.69, 9.17) is 0 Å². The second kappa shape index (κ2) is 5.05. The number of aryl methyl sites for hydroxylation is 2. The highest BCUT2D eigenvalue weighted by molar-refractivity contribution is 7.92. The fourth-order valence-electron chi connectivity index (χ4n) is 2.04. The minimum absolute atomic E-state index is 0.303. The average molecular weight is 275 g/mol. The minimum atomic E-state index is -3.49. The number of hydrogen-bond acceptors (Lipinski definition) is 2. The maximum Gasteiger partial charge on any atom is 0.264 e. The van der Waals surface area contributed by atoms with Crippen LogP contribution in [0.4, 0.5) is 5.69 Å². The van der Waals surface area contributed by atoms with Crippen molar-refractivity contribution >= 4 is 15.7 Å². The third-order valence-corrected chi connectivity index (χ3v) is 4.88. The monoisotopic (exact) mass is 275 g/mol. The molecule has 0 saturated heterocycles. The minimum Gasteiger partial charge on any atom is -0.269 e. The number of nitrogens with zero attached hydrogens (tertiary/aromatic N) is 1. The molecule has 0 aromatic heterocycles. The summed E-state index contributed by atoms with van der Waals surface area (Å²) < 4.78 is 26.3. The fourth-order valence-corrected chi connectivity index (χ4v) is 3.32. The van der Waals surface area contributed by atoms with Crippen LogP contribution >= 0.6 is 0 Å². The van der Waals surface area contributed by atoms with Gasteiger partial charge in [-0.15, -0.1) is 0 Å². The number of anilines is 1. The Balaban J connectivity index is 2.47. The van der Waals surface area contributed by atoms with Crippen molar-refractivity contribution in [2.45, 2.75) is 18.7 Å². The molecule has 0 unspecified atom stereocenters. The predicted octanol–water partition coefficient (Wildman–Crippen LogP) is 3.13. The van der Waals surface area contributed by atoms with Crippen molar-refractivity contribution in [3.8, 4) is 0 Å². The number of sulfonamides is 1. The first-order valence-corrected chi connectivity index (χ1v) is 7.48. The molecule has 0 aliphatic rings. The topological polar surface area (TPSA) is 37.4 Å². The van der Waals surface area contributed by atoms with E-state index >= 15 is 0 Å². The molecule has 0 radical (unpaired) electrons. The zero-order valence-electron chi connectivity index (χ0n) is 11.3. The van der Waals surface area contributed by atoms with Gasteiger partial charge in [-0.3, -0.25) is 4.31 Å². The van der Waals surface area contributed by atoms with Crippen LogP contribution in [0.2, 0.25) is 0 Å². The molecular weight excluding hydrogens is 258 g/mol. The molecule has 0 aliphatic heterocycles. The summed E-state index contributed by atoms with van der Waals surface area (Å²) in [5.41, 5.74) is 2.77. The molecule has 0 heterocycles. The van der Waals surface area contributed by atoms with Crippen LogP contribution in [0.3, 0.4) is 0 Å². The van der Waals surface area contributed by atoms with E-state index in [9.17, 15) is 8.42 Å². The van der Waals surface area contributed by atoms with Crippen molar-refractivity contribution in [3.05, 3.63) is 59.7 Å². The van der Waals surface area contributed by atoms with Crippen molar-refractivity contribution in [2.75, 3.05) is 11.4 Å². The van der Waals surface area contributed by atoms with Gasteiger partial charge in [-0.05, 0) is 37.6 Å². The van der Waals surface area contributed by atoms with Crippen LogP contribution in [0, 0.1) is 13.8 Å². The largest absolute Gasteiger partial charge is 0.269 e. The molecule has 3 nitrogen and oxygen atoms in total. The van der Waals surface area contributed by atoms with Crippen molar-refractivity contribution < 1.29 is 8.42 Å². The summed E-state index contributed by atoms with van der Waals surface area (Å²) in [6.07, 6.45) is 0. The second-order valence-electron chi connectivity index (χ2n) is 4.58. The lowest BCUT2D eigenvalue weighted by molar-refractivity contribution is 0.594. The molecule has 0 bridgehead atoms. The van der Waals surface area contributed by atoms with Gasteiger partial charge in [0.15, 0.2) is 0 Å². The van der Waals surface area contributed by atoms with E-state index in [-0.39, 0.29) is 0 Å². The van der Waals surface area contributed by atoms with Gasteiger partial charge in [0, 0.05) is 7.05 Å². The number of hydrogen-bond donors (Lipinski definition) is 0. The van der Waals surface area contributed by atoms with Crippen LogP contribution in [0.15, 0.2) is 53.4 Å². The van der Waals surface area contributed by atoms with E-state index in [1.807, 2.05) is 32.0 Å². The summed E-state index contributed by atoms with van der Waals surface area (Å²) in [7, 11) is -1.91. The molecule has 0 saturated carbocycles. The predicted molar refractivity (Wildman–Crippen MR) is 77.9 cm³/mol. The van der Waals surface area contributed by atoms with Crippen LogP contribution in [0.5, 0.6) is 0 Å². The highest BCUT2D eigenvalue weighted by atomic mass is 32.2. The first-order valence-electron chi connectivity index (χ1n) is 6.04.